The molecule has 0 radical (unpaired) electrons. The molecule has 0 saturated heterocycles. The molecule has 152 valence electrons. The van der Waals surface area contributed by atoms with Crippen molar-refractivity contribution in [3.05, 3.63) is 59.4 Å². The number of amides is 1. The summed E-state index contributed by atoms with van der Waals surface area (Å²) in [4.78, 5) is 23.9. The molecule has 1 amide bonds. The first-order valence-electron chi connectivity index (χ1n) is 8.78. The van der Waals surface area contributed by atoms with Crippen LogP contribution in [0.5, 0.6) is 5.75 Å². The van der Waals surface area contributed by atoms with Crippen LogP contribution < -0.4 is 10.1 Å². The highest BCUT2D eigenvalue weighted by Gasteiger charge is 2.23. The Labute approximate surface area is 165 Å². The maximum absolute atomic E-state index is 13.3. The molecule has 3 aromatic rings. The first kappa shape index (κ1) is 20.1. The van der Waals surface area contributed by atoms with Gasteiger partial charge in [-0.25, -0.2) is 18.5 Å². The van der Waals surface area contributed by atoms with E-state index in [4.69, 9.17) is 4.74 Å². The van der Waals surface area contributed by atoms with Gasteiger partial charge in [0.05, 0.1) is 17.1 Å². The zero-order chi connectivity index (χ0) is 21.1. The van der Waals surface area contributed by atoms with Crippen molar-refractivity contribution in [2.24, 2.45) is 0 Å². The van der Waals surface area contributed by atoms with Crippen LogP contribution in [-0.4, -0.2) is 36.5 Å². The number of carboxylic acid groups (broad SMARTS) is 1. The van der Waals surface area contributed by atoms with Gasteiger partial charge in [0.15, 0.2) is 6.73 Å². The van der Waals surface area contributed by atoms with Crippen LogP contribution in [0, 0.1) is 19.7 Å². The molecule has 0 aliphatic carbocycles. The van der Waals surface area contributed by atoms with Gasteiger partial charge in [-0.1, -0.05) is 6.07 Å². The molecule has 0 spiro atoms. The number of aromatic nitrogens is 4. The SMILES string of the molecule is Cc1nn(COc2cccc(F)c2)c(C)c1NC(=O)C(C)n1nccc1C(=O)O. The number of rotatable bonds is 7. The molecule has 29 heavy (non-hydrogen) atoms. The molecule has 0 aliphatic rings. The topological polar surface area (TPSA) is 111 Å². The van der Waals surface area contributed by atoms with Gasteiger partial charge in [0.1, 0.15) is 23.3 Å². The number of carboxylic acids is 1. The van der Waals surface area contributed by atoms with Gasteiger partial charge in [-0.15, -0.1) is 0 Å². The number of halogens is 1. The van der Waals surface area contributed by atoms with E-state index in [0.717, 1.165) is 4.68 Å². The molecule has 0 aliphatic heterocycles. The lowest BCUT2D eigenvalue weighted by Gasteiger charge is -2.14. The quantitative estimate of drug-likeness (QED) is 0.630. The lowest BCUT2D eigenvalue weighted by atomic mass is 10.2. The molecule has 9 nitrogen and oxygen atoms in total. The number of aryl methyl sites for hydroxylation is 1. The summed E-state index contributed by atoms with van der Waals surface area (Å²) < 4.78 is 21.5. The van der Waals surface area contributed by atoms with E-state index < -0.39 is 23.7 Å². The van der Waals surface area contributed by atoms with Crippen LogP contribution in [0.2, 0.25) is 0 Å². The molecular weight excluding hydrogens is 381 g/mol. The number of benzene rings is 1. The molecule has 10 heteroatoms. The average Bonchev–Trinajstić information content (AvgIpc) is 3.26. The standard InChI is InChI=1S/C19H20FN5O4/c1-11-17(22-18(26)13(3)25-16(19(27)28)7-8-21-25)12(2)24(23-11)10-29-15-6-4-5-14(20)9-15/h4-9,13H,10H2,1-3H3,(H,22,26)(H,27,28). The monoisotopic (exact) mass is 401 g/mol. The van der Waals surface area contributed by atoms with Crippen molar-refractivity contribution in [3.8, 4) is 5.75 Å². The summed E-state index contributed by atoms with van der Waals surface area (Å²) in [6.07, 6.45) is 1.32. The zero-order valence-corrected chi connectivity index (χ0v) is 16.1. The lowest BCUT2D eigenvalue weighted by Crippen LogP contribution is -2.27. The number of anilines is 1. The van der Waals surface area contributed by atoms with Crippen molar-refractivity contribution in [2.75, 3.05) is 5.32 Å². The Balaban J connectivity index is 1.73. The van der Waals surface area contributed by atoms with Crippen LogP contribution in [-0.2, 0) is 11.5 Å². The summed E-state index contributed by atoms with van der Waals surface area (Å²) in [6.45, 7) is 5.06. The molecule has 2 heterocycles. The fraction of sp³-hybridized carbons (Fsp3) is 0.263. The van der Waals surface area contributed by atoms with E-state index in [2.05, 4.69) is 15.5 Å². The van der Waals surface area contributed by atoms with Gasteiger partial charge in [0, 0.05) is 12.3 Å². The molecule has 0 bridgehead atoms. The van der Waals surface area contributed by atoms with E-state index in [9.17, 15) is 19.1 Å². The van der Waals surface area contributed by atoms with Crippen molar-refractivity contribution >= 4 is 17.6 Å². The first-order valence-corrected chi connectivity index (χ1v) is 8.78. The Morgan fingerprint density at radius 3 is 2.76 bits per heavy atom. The highest BCUT2D eigenvalue weighted by molar-refractivity contribution is 5.95. The molecule has 1 aromatic carbocycles. The maximum Gasteiger partial charge on any atom is 0.354 e. The van der Waals surface area contributed by atoms with Crippen molar-refractivity contribution in [3.63, 3.8) is 0 Å². The first-order chi connectivity index (χ1) is 13.8. The van der Waals surface area contributed by atoms with Gasteiger partial charge in [-0.05, 0) is 39.0 Å². The molecule has 2 aromatic heterocycles. The molecule has 0 saturated carbocycles. The van der Waals surface area contributed by atoms with Crippen molar-refractivity contribution in [1.29, 1.82) is 0 Å². The van der Waals surface area contributed by atoms with Gasteiger partial charge >= 0.3 is 5.97 Å². The number of nitrogens with one attached hydrogen (secondary N) is 1. The Morgan fingerprint density at radius 2 is 2.07 bits per heavy atom. The Bertz CT molecular complexity index is 1060. The second kappa shape index (κ2) is 8.13. The minimum absolute atomic E-state index is 0.0316. The molecular formula is C19H20FN5O4. The highest BCUT2D eigenvalue weighted by Crippen LogP contribution is 2.22. The second-order valence-electron chi connectivity index (χ2n) is 6.41. The molecule has 1 unspecified atom stereocenters. The van der Waals surface area contributed by atoms with Crippen LogP contribution in [0.25, 0.3) is 0 Å². The normalized spacial score (nSPS) is 11.9. The average molecular weight is 401 g/mol. The van der Waals surface area contributed by atoms with E-state index >= 15 is 0 Å². The van der Waals surface area contributed by atoms with E-state index in [0.29, 0.717) is 22.8 Å². The summed E-state index contributed by atoms with van der Waals surface area (Å²) in [6, 6.07) is 6.23. The number of carbonyl (C=O) groups excluding carboxylic acids is 1. The van der Waals surface area contributed by atoms with Crippen molar-refractivity contribution in [1.82, 2.24) is 19.6 Å². The van der Waals surface area contributed by atoms with E-state index in [1.54, 1.807) is 32.9 Å². The van der Waals surface area contributed by atoms with E-state index in [-0.39, 0.29) is 12.4 Å². The number of carbonyl (C=O) groups is 2. The van der Waals surface area contributed by atoms with Crippen LogP contribution in [0.3, 0.4) is 0 Å². The summed E-state index contributed by atoms with van der Waals surface area (Å²) in [5.41, 5.74) is 1.61. The number of ether oxygens (including phenoxy) is 1. The van der Waals surface area contributed by atoms with Crippen LogP contribution >= 0.6 is 0 Å². The van der Waals surface area contributed by atoms with Crippen LogP contribution in [0.15, 0.2) is 36.5 Å². The predicted molar refractivity (Wildman–Crippen MR) is 101 cm³/mol. The van der Waals surface area contributed by atoms with E-state index in [1.807, 2.05) is 0 Å². The third-order valence-corrected chi connectivity index (χ3v) is 4.41. The highest BCUT2D eigenvalue weighted by atomic mass is 19.1. The third kappa shape index (κ3) is 4.26. The predicted octanol–water partition coefficient (Wildman–Crippen LogP) is 2.77. The number of aromatic carboxylic acids is 1. The third-order valence-electron chi connectivity index (χ3n) is 4.41. The molecule has 3 rings (SSSR count). The number of hydrogen-bond donors (Lipinski definition) is 2. The maximum atomic E-state index is 13.3. The molecule has 0 fully saturated rings. The largest absolute Gasteiger partial charge is 0.477 e. The smallest absolute Gasteiger partial charge is 0.354 e. The van der Waals surface area contributed by atoms with Crippen molar-refractivity contribution < 1.29 is 23.8 Å². The summed E-state index contributed by atoms with van der Waals surface area (Å²) in [5, 5.41) is 20.2. The Morgan fingerprint density at radius 1 is 1.31 bits per heavy atom. The minimum Gasteiger partial charge on any atom is -0.477 e. The Kier molecular flexibility index (Phi) is 5.62. The fourth-order valence-corrected chi connectivity index (χ4v) is 2.83. The summed E-state index contributed by atoms with van der Waals surface area (Å²) in [7, 11) is 0. The molecule has 1 atom stereocenters. The van der Waals surface area contributed by atoms with Gasteiger partial charge < -0.3 is 15.2 Å². The zero-order valence-electron chi connectivity index (χ0n) is 16.1. The number of hydrogen-bond acceptors (Lipinski definition) is 5. The van der Waals surface area contributed by atoms with Gasteiger partial charge in [0.2, 0.25) is 5.91 Å². The van der Waals surface area contributed by atoms with Crippen LogP contribution in [0.1, 0.15) is 34.8 Å². The second-order valence-corrected chi connectivity index (χ2v) is 6.41. The van der Waals surface area contributed by atoms with Gasteiger partial charge in [0.25, 0.3) is 0 Å². The number of nitrogens with zero attached hydrogens (tertiary/aromatic N) is 4. The summed E-state index contributed by atoms with van der Waals surface area (Å²) in [5.74, 6) is -1.65. The fourth-order valence-electron chi connectivity index (χ4n) is 2.83. The molecule has 2 N–H and O–H groups in total. The van der Waals surface area contributed by atoms with Gasteiger partial charge in [-0.3, -0.25) is 4.79 Å². The Hall–Kier alpha value is -3.69. The summed E-state index contributed by atoms with van der Waals surface area (Å²) >= 11 is 0. The van der Waals surface area contributed by atoms with Gasteiger partial charge in [-0.2, -0.15) is 10.2 Å². The van der Waals surface area contributed by atoms with Crippen molar-refractivity contribution in [2.45, 2.75) is 33.5 Å². The minimum atomic E-state index is -1.17. The van der Waals surface area contributed by atoms with Crippen LogP contribution in [0.4, 0.5) is 10.1 Å². The van der Waals surface area contributed by atoms with E-state index in [1.165, 1.54) is 29.1 Å². The lowest BCUT2D eigenvalue weighted by molar-refractivity contribution is -0.119.